The molecule has 0 aliphatic rings. The number of benzene rings is 3. The molecule has 0 radical (unpaired) electrons. The molecule has 3 rings (SSSR count). The molecule has 0 aliphatic carbocycles. The van der Waals surface area contributed by atoms with E-state index in [2.05, 4.69) is 9.47 Å². The summed E-state index contributed by atoms with van der Waals surface area (Å²) in [6.07, 6.45) is -5.63. The van der Waals surface area contributed by atoms with Crippen molar-refractivity contribution in [1.29, 1.82) is 0 Å². The lowest BCUT2D eigenvalue weighted by Crippen LogP contribution is -2.13. The van der Waals surface area contributed by atoms with E-state index in [0.717, 1.165) is 12.1 Å². The molecule has 0 unspecified atom stereocenters. The van der Waals surface area contributed by atoms with Crippen LogP contribution in [0.2, 0.25) is 0 Å². The van der Waals surface area contributed by atoms with Gasteiger partial charge in [0.15, 0.2) is 34.8 Å². The highest BCUT2D eigenvalue weighted by molar-refractivity contribution is 5.53. The zero-order valence-electron chi connectivity index (χ0n) is 15.3. The summed E-state index contributed by atoms with van der Waals surface area (Å²) in [7, 11) is 0. The Morgan fingerprint density at radius 3 is 1.47 bits per heavy atom. The minimum atomic E-state index is -5.63. The fourth-order valence-corrected chi connectivity index (χ4v) is 2.50. The molecule has 0 fully saturated rings. The third-order valence-corrected chi connectivity index (χ3v) is 4.00. The van der Waals surface area contributed by atoms with Gasteiger partial charge in [-0.05, 0) is 24.3 Å². The van der Waals surface area contributed by atoms with Gasteiger partial charge in [0.25, 0.3) is 0 Å². The van der Waals surface area contributed by atoms with Crippen LogP contribution in [0.4, 0.5) is 50.9 Å². The molecule has 0 saturated carbocycles. The lowest BCUT2D eigenvalue weighted by molar-refractivity contribution is -0.141. The van der Waals surface area contributed by atoms with Gasteiger partial charge in [0.2, 0.25) is 17.3 Å². The van der Waals surface area contributed by atoms with E-state index in [1.54, 1.807) is 0 Å². The number of nitrogen functional groups attached to an aromatic ring is 2. The van der Waals surface area contributed by atoms with Gasteiger partial charge in [0.05, 0.1) is 11.4 Å². The quantitative estimate of drug-likeness (QED) is 0.349. The number of alkyl halides is 3. The third-order valence-electron chi connectivity index (χ3n) is 4.00. The van der Waals surface area contributed by atoms with Gasteiger partial charge in [-0.1, -0.05) is 0 Å². The molecular formula is C19H9F9N2O2. The van der Waals surface area contributed by atoms with Gasteiger partial charge >= 0.3 is 6.18 Å². The van der Waals surface area contributed by atoms with Crippen LogP contribution in [0.1, 0.15) is 5.56 Å². The molecule has 170 valence electrons. The summed E-state index contributed by atoms with van der Waals surface area (Å²) < 4.78 is 134. The largest absolute Gasteiger partial charge is 0.450 e. The van der Waals surface area contributed by atoms with E-state index >= 15 is 0 Å². The van der Waals surface area contributed by atoms with E-state index in [9.17, 15) is 39.5 Å². The highest BCUT2D eigenvalue weighted by Crippen LogP contribution is 2.46. The number of anilines is 2. The Labute approximate surface area is 172 Å². The van der Waals surface area contributed by atoms with E-state index in [1.807, 2.05) is 0 Å². The zero-order valence-corrected chi connectivity index (χ0v) is 15.3. The summed E-state index contributed by atoms with van der Waals surface area (Å²) >= 11 is 0. The number of halogens is 9. The van der Waals surface area contributed by atoms with Crippen molar-refractivity contribution in [2.24, 2.45) is 0 Å². The topological polar surface area (TPSA) is 70.5 Å². The van der Waals surface area contributed by atoms with E-state index < -0.39 is 81.0 Å². The monoisotopic (exact) mass is 468 g/mol. The number of rotatable bonds is 4. The fraction of sp³-hybridized carbons (Fsp3) is 0.0526. The summed E-state index contributed by atoms with van der Waals surface area (Å²) in [4.78, 5) is 0. The fourth-order valence-electron chi connectivity index (χ4n) is 2.50. The Morgan fingerprint density at radius 1 is 0.594 bits per heavy atom. The van der Waals surface area contributed by atoms with Crippen LogP contribution >= 0.6 is 0 Å². The van der Waals surface area contributed by atoms with Gasteiger partial charge in [-0.3, -0.25) is 0 Å². The van der Waals surface area contributed by atoms with Gasteiger partial charge in [-0.15, -0.1) is 0 Å². The lowest BCUT2D eigenvalue weighted by Gasteiger charge is -2.18. The van der Waals surface area contributed by atoms with Gasteiger partial charge in [-0.2, -0.15) is 17.6 Å². The Morgan fingerprint density at radius 2 is 1.03 bits per heavy atom. The van der Waals surface area contributed by atoms with Crippen LogP contribution in [0.3, 0.4) is 0 Å². The number of hydrogen-bond acceptors (Lipinski definition) is 4. The maximum Gasteiger partial charge on any atom is 0.422 e. The molecule has 0 bridgehead atoms. The molecule has 0 spiro atoms. The number of nitrogens with two attached hydrogens (primary N) is 2. The van der Waals surface area contributed by atoms with E-state index in [-0.39, 0.29) is 6.07 Å². The van der Waals surface area contributed by atoms with Crippen LogP contribution in [0, 0.1) is 34.9 Å². The maximum atomic E-state index is 14.3. The molecule has 4 nitrogen and oxygen atoms in total. The van der Waals surface area contributed by atoms with Crippen molar-refractivity contribution < 1.29 is 49.0 Å². The van der Waals surface area contributed by atoms with Crippen LogP contribution in [-0.4, -0.2) is 0 Å². The predicted octanol–water partition coefficient (Wildman–Crippen LogP) is 6.29. The van der Waals surface area contributed by atoms with Crippen molar-refractivity contribution in [1.82, 2.24) is 0 Å². The summed E-state index contributed by atoms with van der Waals surface area (Å²) in [5, 5.41) is 0. The second kappa shape index (κ2) is 8.05. The summed E-state index contributed by atoms with van der Waals surface area (Å²) in [6.45, 7) is 0. The first-order chi connectivity index (χ1) is 14.8. The standard InChI is InChI=1S/C19H9F9N2O2/c20-6-1-3-8(29)13(22)17(6)31-10-5-11(15(24)16(25)12(10)19(26,27)28)32-18-7(21)2-4-9(30)14(18)23/h1-5H,29-30H2. The Balaban J connectivity index is 2.22. The Kier molecular flexibility index (Phi) is 5.76. The number of hydrogen-bond donors (Lipinski definition) is 2. The van der Waals surface area contributed by atoms with Gasteiger partial charge in [0.1, 0.15) is 11.3 Å². The summed E-state index contributed by atoms with van der Waals surface area (Å²) in [5.41, 5.74) is 6.59. The summed E-state index contributed by atoms with van der Waals surface area (Å²) in [6, 6.07) is 2.62. The average molecular weight is 468 g/mol. The molecule has 0 aromatic heterocycles. The molecule has 3 aromatic rings. The van der Waals surface area contributed by atoms with Crippen molar-refractivity contribution in [2.45, 2.75) is 6.18 Å². The Bertz CT molecular complexity index is 1210. The van der Waals surface area contributed by atoms with E-state index in [1.165, 1.54) is 0 Å². The Hall–Kier alpha value is -3.77. The molecule has 3 aromatic carbocycles. The smallest absolute Gasteiger partial charge is 0.422 e. The lowest BCUT2D eigenvalue weighted by atomic mass is 10.1. The molecule has 4 N–H and O–H groups in total. The van der Waals surface area contributed by atoms with Crippen LogP contribution in [-0.2, 0) is 6.18 Å². The predicted molar refractivity (Wildman–Crippen MR) is 93.0 cm³/mol. The zero-order chi connectivity index (χ0) is 24.0. The first-order valence-corrected chi connectivity index (χ1v) is 8.24. The van der Waals surface area contributed by atoms with Crippen molar-refractivity contribution in [3.63, 3.8) is 0 Å². The van der Waals surface area contributed by atoms with Crippen LogP contribution in [0.25, 0.3) is 0 Å². The van der Waals surface area contributed by atoms with Gasteiger partial charge in [-0.25, -0.2) is 22.0 Å². The highest BCUT2D eigenvalue weighted by Gasteiger charge is 2.41. The molecule has 0 heterocycles. The first-order valence-electron chi connectivity index (χ1n) is 8.24. The van der Waals surface area contributed by atoms with Gasteiger partial charge < -0.3 is 20.9 Å². The molecule has 0 atom stereocenters. The number of ether oxygens (including phenoxy) is 2. The normalized spacial score (nSPS) is 11.5. The van der Waals surface area contributed by atoms with Crippen molar-refractivity contribution in [2.75, 3.05) is 11.5 Å². The van der Waals surface area contributed by atoms with Crippen molar-refractivity contribution in [3.05, 3.63) is 70.8 Å². The van der Waals surface area contributed by atoms with Crippen LogP contribution in [0.15, 0.2) is 30.3 Å². The summed E-state index contributed by atoms with van der Waals surface area (Å²) in [5.74, 6) is -17.2. The maximum absolute atomic E-state index is 14.3. The van der Waals surface area contributed by atoms with E-state index in [0.29, 0.717) is 12.1 Å². The molecule has 0 saturated heterocycles. The molecule has 0 aliphatic heterocycles. The SMILES string of the molecule is Nc1ccc(F)c(Oc2cc(Oc3c(F)ccc(N)c3F)c(C(F)(F)F)c(F)c2F)c1F. The van der Waals surface area contributed by atoms with Crippen molar-refractivity contribution in [3.8, 4) is 23.0 Å². The molecule has 32 heavy (non-hydrogen) atoms. The molecule has 0 amide bonds. The molecular weight excluding hydrogens is 459 g/mol. The van der Waals surface area contributed by atoms with Gasteiger partial charge in [0, 0.05) is 6.07 Å². The van der Waals surface area contributed by atoms with Crippen LogP contribution in [0.5, 0.6) is 23.0 Å². The molecule has 13 heteroatoms. The second-order valence-electron chi connectivity index (χ2n) is 6.14. The second-order valence-corrected chi connectivity index (χ2v) is 6.14. The minimum absolute atomic E-state index is 0.00533. The average Bonchev–Trinajstić information content (AvgIpc) is 2.70. The third kappa shape index (κ3) is 4.05. The minimum Gasteiger partial charge on any atom is -0.450 e. The van der Waals surface area contributed by atoms with Crippen molar-refractivity contribution >= 4 is 11.4 Å². The first kappa shape index (κ1) is 22.9. The highest BCUT2D eigenvalue weighted by atomic mass is 19.4. The van der Waals surface area contributed by atoms with E-state index in [4.69, 9.17) is 11.5 Å². The van der Waals surface area contributed by atoms with Crippen LogP contribution < -0.4 is 20.9 Å².